The third kappa shape index (κ3) is 2.91. The molecule has 0 bridgehead atoms. The molecule has 0 heterocycles. The predicted octanol–water partition coefficient (Wildman–Crippen LogP) is 3.04. The highest BCUT2D eigenvalue weighted by Crippen LogP contribution is 2.14. The van der Waals surface area contributed by atoms with Crippen LogP contribution in [0.25, 0.3) is 0 Å². The molecule has 0 aromatic heterocycles. The van der Waals surface area contributed by atoms with E-state index in [-0.39, 0.29) is 11.4 Å². The molecule has 0 fully saturated rings. The van der Waals surface area contributed by atoms with E-state index in [0.29, 0.717) is 0 Å². The van der Waals surface area contributed by atoms with E-state index in [4.69, 9.17) is 0 Å². The maximum atomic E-state index is 12.7. The number of hydrogen-bond donors (Lipinski definition) is 1. The molecule has 0 atom stereocenters. The smallest absolute Gasteiger partial charge is 0.125 e. The maximum Gasteiger partial charge on any atom is 0.125 e. The van der Waals surface area contributed by atoms with E-state index in [1.807, 2.05) is 26.8 Å². The molecular weight excluding hydrogens is 153 g/mol. The summed E-state index contributed by atoms with van der Waals surface area (Å²) in [5.74, 6) is -0.204. The second-order valence-corrected chi connectivity index (χ2v) is 3.89. The van der Waals surface area contributed by atoms with Crippen LogP contribution in [0.1, 0.15) is 20.8 Å². The number of benzene rings is 1. The molecule has 0 spiro atoms. The van der Waals surface area contributed by atoms with Crippen LogP contribution in [0.2, 0.25) is 0 Å². The highest BCUT2D eigenvalue weighted by atomic mass is 19.1. The number of anilines is 1. The van der Waals surface area contributed by atoms with E-state index in [2.05, 4.69) is 5.32 Å². The zero-order valence-corrected chi connectivity index (χ0v) is 7.69. The van der Waals surface area contributed by atoms with Crippen molar-refractivity contribution in [3.05, 3.63) is 30.1 Å². The first-order valence-electron chi connectivity index (χ1n) is 4.01. The Labute approximate surface area is 72.6 Å². The van der Waals surface area contributed by atoms with Gasteiger partial charge in [0.15, 0.2) is 0 Å². The highest BCUT2D eigenvalue weighted by Gasteiger charge is 2.08. The zero-order valence-electron chi connectivity index (χ0n) is 7.69. The van der Waals surface area contributed by atoms with Gasteiger partial charge in [-0.1, -0.05) is 6.07 Å². The Morgan fingerprint density at radius 2 is 1.92 bits per heavy atom. The fraction of sp³-hybridized carbons (Fsp3) is 0.400. The normalized spacial score (nSPS) is 11.3. The molecule has 0 aliphatic carbocycles. The van der Waals surface area contributed by atoms with E-state index in [1.165, 1.54) is 12.1 Å². The van der Waals surface area contributed by atoms with Crippen LogP contribution >= 0.6 is 0 Å². The summed E-state index contributed by atoms with van der Waals surface area (Å²) < 4.78 is 12.7. The van der Waals surface area contributed by atoms with Crippen molar-refractivity contribution >= 4 is 5.69 Å². The van der Waals surface area contributed by atoms with Gasteiger partial charge < -0.3 is 5.32 Å². The number of rotatable bonds is 1. The van der Waals surface area contributed by atoms with E-state index in [0.717, 1.165) is 5.69 Å². The Balaban J connectivity index is 2.77. The third-order valence-corrected chi connectivity index (χ3v) is 1.34. The Morgan fingerprint density at radius 1 is 1.25 bits per heavy atom. The summed E-state index contributed by atoms with van der Waals surface area (Å²) in [5.41, 5.74) is 0.802. The Morgan fingerprint density at radius 3 is 2.42 bits per heavy atom. The Bertz CT molecular complexity index is 263. The van der Waals surface area contributed by atoms with Gasteiger partial charge in [-0.05, 0) is 39.0 Å². The van der Waals surface area contributed by atoms with E-state index >= 15 is 0 Å². The summed E-state index contributed by atoms with van der Waals surface area (Å²) in [7, 11) is 0. The van der Waals surface area contributed by atoms with Crippen LogP contribution in [-0.2, 0) is 0 Å². The lowest BCUT2D eigenvalue weighted by Crippen LogP contribution is -2.25. The first-order valence-corrected chi connectivity index (χ1v) is 4.01. The van der Waals surface area contributed by atoms with Crippen molar-refractivity contribution < 1.29 is 4.39 Å². The van der Waals surface area contributed by atoms with Gasteiger partial charge in [-0.3, -0.25) is 0 Å². The standard InChI is InChI=1S/C10H14FN/c1-10(2,3)12-9-6-4-5-8(11)7-9/h4-7,12H,1-3H3. The monoisotopic (exact) mass is 167 g/mol. The molecule has 0 aliphatic rings. The van der Waals surface area contributed by atoms with Gasteiger partial charge in [-0.25, -0.2) is 4.39 Å². The summed E-state index contributed by atoms with van der Waals surface area (Å²) in [5, 5.41) is 3.18. The molecule has 1 rings (SSSR count). The Kier molecular flexibility index (Phi) is 2.36. The lowest BCUT2D eigenvalue weighted by Gasteiger charge is -2.21. The predicted molar refractivity (Wildman–Crippen MR) is 49.8 cm³/mol. The van der Waals surface area contributed by atoms with Crippen LogP contribution in [0.5, 0.6) is 0 Å². The van der Waals surface area contributed by atoms with Gasteiger partial charge in [0, 0.05) is 11.2 Å². The van der Waals surface area contributed by atoms with Crippen molar-refractivity contribution in [2.75, 3.05) is 5.32 Å². The minimum Gasteiger partial charge on any atom is -0.380 e. The van der Waals surface area contributed by atoms with Crippen molar-refractivity contribution in [3.63, 3.8) is 0 Å². The van der Waals surface area contributed by atoms with Gasteiger partial charge in [0.25, 0.3) is 0 Å². The van der Waals surface area contributed by atoms with Gasteiger partial charge in [0.05, 0.1) is 0 Å². The second-order valence-electron chi connectivity index (χ2n) is 3.89. The van der Waals surface area contributed by atoms with Gasteiger partial charge in [0.2, 0.25) is 0 Å². The van der Waals surface area contributed by atoms with Crippen LogP contribution in [0.3, 0.4) is 0 Å². The first kappa shape index (κ1) is 9.04. The summed E-state index contributed by atoms with van der Waals surface area (Å²) >= 11 is 0. The van der Waals surface area contributed by atoms with Gasteiger partial charge >= 0.3 is 0 Å². The molecule has 2 heteroatoms. The van der Waals surface area contributed by atoms with Crippen LogP contribution in [0.15, 0.2) is 24.3 Å². The molecule has 1 aromatic rings. The average molecular weight is 167 g/mol. The van der Waals surface area contributed by atoms with Crippen molar-refractivity contribution in [1.29, 1.82) is 0 Å². The van der Waals surface area contributed by atoms with Gasteiger partial charge in [0.1, 0.15) is 5.82 Å². The Hall–Kier alpha value is -1.05. The second kappa shape index (κ2) is 3.13. The largest absolute Gasteiger partial charge is 0.380 e. The fourth-order valence-corrected chi connectivity index (χ4v) is 0.999. The molecule has 12 heavy (non-hydrogen) atoms. The molecule has 0 saturated carbocycles. The lowest BCUT2D eigenvalue weighted by molar-refractivity contribution is 0.618. The van der Waals surface area contributed by atoms with Gasteiger partial charge in [-0.15, -0.1) is 0 Å². The van der Waals surface area contributed by atoms with Crippen LogP contribution < -0.4 is 5.32 Å². The van der Waals surface area contributed by atoms with E-state index < -0.39 is 0 Å². The molecule has 1 N–H and O–H groups in total. The average Bonchev–Trinajstić information content (AvgIpc) is 1.82. The van der Waals surface area contributed by atoms with Crippen LogP contribution in [0, 0.1) is 5.82 Å². The third-order valence-electron chi connectivity index (χ3n) is 1.34. The van der Waals surface area contributed by atoms with E-state index in [9.17, 15) is 4.39 Å². The van der Waals surface area contributed by atoms with Crippen molar-refractivity contribution in [2.24, 2.45) is 0 Å². The molecule has 1 nitrogen and oxygen atoms in total. The molecule has 66 valence electrons. The molecule has 0 radical (unpaired) electrons. The highest BCUT2D eigenvalue weighted by molar-refractivity contribution is 5.44. The fourth-order valence-electron chi connectivity index (χ4n) is 0.999. The minimum atomic E-state index is -0.204. The minimum absolute atomic E-state index is 0.0200. The summed E-state index contributed by atoms with van der Waals surface area (Å²) in [6, 6.07) is 6.48. The first-order chi connectivity index (χ1) is 5.47. The van der Waals surface area contributed by atoms with Crippen LogP contribution in [-0.4, -0.2) is 5.54 Å². The molecule has 0 unspecified atom stereocenters. The molecule has 1 aromatic carbocycles. The number of halogens is 1. The quantitative estimate of drug-likeness (QED) is 0.677. The SMILES string of the molecule is CC(C)(C)Nc1cccc(F)c1. The van der Waals surface area contributed by atoms with Crippen molar-refractivity contribution in [3.8, 4) is 0 Å². The summed E-state index contributed by atoms with van der Waals surface area (Å²) in [6.07, 6.45) is 0. The summed E-state index contributed by atoms with van der Waals surface area (Å²) in [4.78, 5) is 0. The molecule has 0 saturated heterocycles. The zero-order chi connectivity index (χ0) is 9.19. The molecule has 0 aliphatic heterocycles. The van der Waals surface area contributed by atoms with Gasteiger partial charge in [-0.2, -0.15) is 0 Å². The maximum absolute atomic E-state index is 12.7. The topological polar surface area (TPSA) is 12.0 Å². The number of hydrogen-bond acceptors (Lipinski definition) is 1. The number of nitrogens with one attached hydrogen (secondary N) is 1. The van der Waals surface area contributed by atoms with Crippen LogP contribution in [0.4, 0.5) is 10.1 Å². The molecular formula is C10H14FN. The molecule has 0 amide bonds. The van der Waals surface area contributed by atoms with E-state index in [1.54, 1.807) is 6.07 Å². The lowest BCUT2D eigenvalue weighted by atomic mass is 10.1. The summed E-state index contributed by atoms with van der Waals surface area (Å²) in [6.45, 7) is 6.12. The van der Waals surface area contributed by atoms with Crippen molar-refractivity contribution in [1.82, 2.24) is 0 Å². The van der Waals surface area contributed by atoms with Crippen molar-refractivity contribution in [2.45, 2.75) is 26.3 Å².